The van der Waals surface area contributed by atoms with Crippen molar-refractivity contribution in [2.75, 3.05) is 0 Å². The van der Waals surface area contributed by atoms with Crippen molar-refractivity contribution < 1.29 is 4.79 Å². The van der Waals surface area contributed by atoms with Crippen molar-refractivity contribution in [2.45, 2.75) is 63.3 Å². The Morgan fingerprint density at radius 1 is 1.17 bits per heavy atom. The number of nitrogens with zero attached hydrogens (tertiary/aromatic N) is 1. The Labute approximate surface area is 142 Å². The summed E-state index contributed by atoms with van der Waals surface area (Å²) in [6, 6.07) is 8.95. The second-order valence-corrected chi connectivity index (χ2v) is 7.69. The van der Waals surface area contributed by atoms with Crippen molar-refractivity contribution in [3.8, 4) is 0 Å². The monoisotopic (exact) mass is 331 g/mol. The molecule has 1 fully saturated rings. The SMILES string of the molecule is Cc1ccc(C2SC(NC(=O)NC3CCCCC3)=NC2C)cc1. The van der Waals surface area contributed by atoms with Gasteiger partial charge in [-0.15, -0.1) is 0 Å². The molecule has 2 amide bonds. The van der Waals surface area contributed by atoms with Crippen molar-refractivity contribution in [3.05, 3.63) is 35.4 Å². The van der Waals surface area contributed by atoms with Crippen LogP contribution in [0, 0.1) is 6.92 Å². The Balaban J connectivity index is 1.54. The Kier molecular flexibility index (Phi) is 5.26. The number of hydrogen-bond donors (Lipinski definition) is 2. The summed E-state index contributed by atoms with van der Waals surface area (Å²) in [5, 5.41) is 7.02. The molecule has 1 heterocycles. The van der Waals surface area contributed by atoms with Crippen LogP contribution in [0.4, 0.5) is 4.79 Å². The van der Waals surface area contributed by atoms with E-state index >= 15 is 0 Å². The number of rotatable bonds is 2. The average Bonchev–Trinajstić information content (AvgIpc) is 2.89. The minimum Gasteiger partial charge on any atom is -0.335 e. The van der Waals surface area contributed by atoms with Gasteiger partial charge in [-0.25, -0.2) is 4.79 Å². The van der Waals surface area contributed by atoms with Crippen molar-refractivity contribution in [1.29, 1.82) is 0 Å². The number of amides is 2. The van der Waals surface area contributed by atoms with Gasteiger partial charge in [0.2, 0.25) is 0 Å². The highest BCUT2D eigenvalue weighted by molar-refractivity contribution is 8.14. The van der Waals surface area contributed by atoms with Crippen molar-refractivity contribution >= 4 is 23.0 Å². The molecule has 3 rings (SSSR count). The molecule has 1 saturated carbocycles. The second-order valence-electron chi connectivity index (χ2n) is 6.56. The van der Waals surface area contributed by atoms with E-state index in [1.54, 1.807) is 11.8 Å². The first-order valence-corrected chi connectivity index (χ1v) is 9.38. The number of benzene rings is 1. The maximum atomic E-state index is 12.1. The highest BCUT2D eigenvalue weighted by Crippen LogP contribution is 2.39. The molecule has 2 atom stereocenters. The van der Waals surface area contributed by atoms with Crippen molar-refractivity contribution in [3.63, 3.8) is 0 Å². The minimum absolute atomic E-state index is 0.111. The number of hydrogen-bond acceptors (Lipinski definition) is 3. The van der Waals surface area contributed by atoms with Gasteiger partial charge in [-0.1, -0.05) is 60.9 Å². The largest absolute Gasteiger partial charge is 0.335 e. The summed E-state index contributed by atoms with van der Waals surface area (Å²) in [6.45, 7) is 4.19. The van der Waals surface area contributed by atoms with Crippen molar-refractivity contribution in [1.82, 2.24) is 10.6 Å². The molecule has 1 aromatic carbocycles. The van der Waals surface area contributed by atoms with Gasteiger partial charge in [0.1, 0.15) is 0 Å². The smallest absolute Gasteiger partial charge is 0.321 e. The maximum absolute atomic E-state index is 12.1. The third kappa shape index (κ3) is 4.28. The average molecular weight is 331 g/mol. The first-order valence-electron chi connectivity index (χ1n) is 8.50. The zero-order chi connectivity index (χ0) is 16.2. The van der Waals surface area contributed by atoms with Crippen LogP contribution in [0.15, 0.2) is 29.3 Å². The standard InChI is InChI=1S/C18H25N3OS/c1-12-8-10-14(11-9-12)16-13(2)19-18(23-16)21-17(22)20-15-6-4-3-5-7-15/h8-11,13,15-16H,3-7H2,1-2H3,(H2,19,20,21,22). The van der Waals surface area contributed by atoms with Gasteiger partial charge >= 0.3 is 6.03 Å². The van der Waals surface area contributed by atoms with E-state index in [9.17, 15) is 4.79 Å². The number of urea groups is 1. The summed E-state index contributed by atoms with van der Waals surface area (Å²) in [6.07, 6.45) is 5.91. The summed E-state index contributed by atoms with van der Waals surface area (Å²) in [5.74, 6) is 0. The van der Waals surface area contributed by atoms with Gasteiger partial charge in [0.05, 0.1) is 11.3 Å². The Bertz CT molecular complexity index is 578. The maximum Gasteiger partial charge on any atom is 0.321 e. The van der Waals surface area contributed by atoms with Crippen LogP contribution >= 0.6 is 11.8 Å². The van der Waals surface area contributed by atoms with E-state index in [1.807, 2.05) is 0 Å². The van der Waals surface area contributed by atoms with Crippen LogP contribution < -0.4 is 10.6 Å². The molecule has 0 bridgehead atoms. The Morgan fingerprint density at radius 2 is 1.87 bits per heavy atom. The first kappa shape index (κ1) is 16.4. The second kappa shape index (κ2) is 7.39. The fraction of sp³-hybridized carbons (Fsp3) is 0.556. The molecular weight excluding hydrogens is 306 g/mol. The lowest BCUT2D eigenvalue weighted by Gasteiger charge is -2.22. The Hall–Kier alpha value is -1.49. The summed E-state index contributed by atoms with van der Waals surface area (Å²) >= 11 is 1.65. The molecule has 0 aromatic heterocycles. The lowest BCUT2D eigenvalue weighted by atomic mass is 9.96. The van der Waals surface area contributed by atoms with Gasteiger partial charge in [0.15, 0.2) is 5.17 Å². The molecule has 0 saturated heterocycles. The molecule has 1 aliphatic heterocycles. The van der Waals surface area contributed by atoms with Gasteiger partial charge in [-0.2, -0.15) is 0 Å². The number of aliphatic imine (C=N–C) groups is 1. The van der Waals surface area contributed by atoms with Crippen LogP contribution in [-0.4, -0.2) is 23.3 Å². The van der Waals surface area contributed by atoms with E-state index in [4.69, 9.17) is 0 Å². The first-order chi connectivity index (χ1) is 11.1. The zero-order valence-corrected chi connectivity index (χ0v) is 14.7. The lowest BCUT2D eigenvalue weighted by Crippen LogP contribution is -2.44. The summed E-state index contributed by atoms with van der Waals surface area (Å²) in [7, 11) is 0. The number of thioether (sulfide) groups is 1. The van der Waals surface area contributed by atoms with E-state index in [0.717, 1.165) is 18.0 Å². The van der Waals surface area contributed by atoms with Gasteiger partial charge in [0, 0.05) is 6.04 Å². The van der Waals surface area contributed by atoms with E-state index in [-0.39, 0.29) is 17.3 Å². The molecular formula is C18H25N3OS. The minimum atomic E-state index is -0.111. The predicted octanol–water partition coefficient (Wildman–Crippen LogP) is 4.16. The van der Waals surface area contributed by atoms with Crippen LogP contribution in [0.25, 0.3) is 0 Å². The Morgan fingerprint density at radius 3 is 2.57 bits per heavy atom. The van der Waals surface area contributed by atoms with Crippen molar-refractivity contribution in [2.24, 2.45) is 4.99 Å². The summed E-state index contributed by atoms with van der Waals surface area (Å²) in [5.41, 5.74) is 2.52. The van der Waals surface area contributed by atoms with Crippen LogP contribution in [0.1, 0.15) is 55.4 Å². The van der Waals surface area contributed by atoms with E-state index < -0.39 is 0 Å². The molecule has 0 spiro atoms. The van der Waals surface area contributed by atoms with Gasteiger partial charge in [-0.05, 0) is 32.3 Å². The fourth-order valence-electron chi connectivity index (χ4n) is 3.23. The van der Waals surface area contributed by atoms with Gasteiger partial charge in [-0.3, -0.25) is 10.3 Å². The van der Waals surface area contributed by atoms with Gasteiger partial charge < -0.3 is 5.32 Å². The fourth-order valence-corrected chi connectivity index (χ4v) is 4.40. The van der Waals surface area contributed by atoms with Gasteiger partial charge in [0.25, 0.3) is 0 Å². The van der Waals surface area contributed by atoms with E-state index in [2.05, 4.69) is 53.7 Å². The quantitative estimate of drug-likeness (QED) is 0.855. The lowest BCUT2D eigenvalue weighted by molar-refractivity contribution is 0.237. The normalized spacial score (nSPS) is 25.0. The molecule has 2 unspecified atom stereocenters. The predicted molar refractivity (Wildman–Crippen MR) is 96.9 cm³/mol. The van der Waals surface area contributed by atoms with Crippen LogP contribution in [0.2, 0.25) is 0 Å². The number of carbonyl (C=O) groups is 1. The molecule has 23 heavy (non-hydrogen) atoms. The molecule has 2 aliphatic rings. The van der Waals surface area contributed by atoms with Crippen LogP contribution in [0.5, 0.6) is 0 Å². The number of aryl methyl sites for hydroxylation is 1. The number of carbonyl (C=O) groups excluding carboxylic acids is 1. The van der Waals surface area contributed by atoms with Crippen LogP contribution in [0.3, 0.4) is 0 Å². The van der Waals surface area contributed by atoms with E-state index in [0.29, 0.717) is 6.04 Å². The molecule has 5 heteroatoms. The highest BCUT2D eigenvalue weighted by Gasteiger charge is 2.29. The topological polar surface area (TPSA) is 53.5 Å². The van der Waals surface area contributed by atoms with E-state index in [1.165, 1.54) is 30.4 Å². The molecule has 124 valence electrons. The molecule has 4 nitrogen and oxygen atoms in total. The number of amidine groups is 1. The molecule has 1 aliphatic carbocycles. The molecule has 2 N–H and O–H groups in total. The molecule has 1 aromatic rings. The summed E-state index contributed by atoms with van der Waals surface area (Å²) in [4.78, 5) is 16.8. The third-order valence-electron chi connectivity index (χ3n) is 4.56. The molecule has 0 radical (unpaired) electrons. The van der Waals surface area contributed by atoms with Crippen LogP contribution in [-0.2, 0) is 0 Å². The zero-order valence-electron chi connectivity index (χ0n) is 13.8. The number of nitrogens with one attached hydrogen (secondary N) is 2. The third-order valence-corrected chi connectivity index (χ3v) is 5.92. The highest BCUT2D eigenvalue weighted by atomic mass is 32.2. The summed E-state index contributed by atoms with van der Waals surface area (Å²) < 4.78 is 0.